The molecule has 0 saturated carbocycles. The molecule has 2 atom stereocenters. The molecule has 20 heavy (non-hydrogen) atoms. The van der Waals surface area contributed by atoms with Crippen molar-refractivity contribution in [3.63, 3.8) is 0 Å². The van der Waals surface area contributed by atoms with Crippen LogP contribution in [-0.2, 0) is 4.74 Å². The molecule has 4 heterocycles. The second kappa shape index (κ2) is 4.90. The maximum absolute atomic E-state index is 5.56. The van der Waals surface area contributed by atoms with Crippen molar-refractivity contribution >= 4 is 17.2 Å². The predicted molar refractivity (Wildman–Crippen MR) is 81.3 cm³/mol. The molecule has 0 bridgehead atoms. The van der Waals surface area contributed by atoms with E-state index in [4.69, 9.17) is 9.84 Å². The molecule has 2 aromatic heterocycles. The van der Waals surface area contributed by atoms with Gasteiger partial charge < -0.3 is 10.1 Å². The molecule has 5 heteroatoms. The highest BCUT2D eigenvalue weighted by Crippen LogP contribution is 2.37. The van der Waals surface area contributed by atoms with E-state index in [1.165, 1.54) is 9.75 Å². The first kappa shape index (κ1) is 12.4. The Morgan fingerprint density at radius 2 is 2.35 bits per heavy atom. The van der Waals surface area contributed by atoms with Crippen molar-refractivity contribution in [2.45, 2.75) is 25.8 Å². The Balaban J connectivity index is 1.69. The van der Waals surface area contributed by atoms with Crippen LogP contribution in [0.4, 0.5) is 5.82 Å². The Bertz CT molecular complexity index is 612. The Morgan fingerprint density at radius 1 is 1.40 bits per heavy atom. The first-order valence-corrected chi connectivity index (χ1v) is 8.11. The minimum atomic E-state index is 0.489. The van der Waals surface area contributed by atoms with Crippen LogP contribution in [0.15, 0.2) is 18.2 Å². The molecule has 4 nitrogen and oxygen atoms in total. The Kier molecular flexibility index (Phi) is 3.04. The second-order valence-corrected chi connectivity index (χ2v) is 6.96. The smallest absolute Gasteiger partial charge is 0.125 e. The van der Waals surface area contributed by atoms with Crippen molar-refractivity contribution in [2.75, 3.05) is 25.1 Å². The van der Waals surface area contributed by atoms with Gasteiger partial charge in [0.05, 0.1) is 17.5 Å². The minimum Gasteiger partial charge on any atom is -0.381 e. The highest BCUT2D eigenvalue weighted by Gasteiger charge is 2.31. The maximum atomic E-state index is 5.56. The summed E-state index contributed by atoms with van der Waals surface area (Å²) in [7, 11) is 0. The van der Waals surface area contributed by atoms with Gasteiger partial charge >= 0.3 is 0 Å². The van der Waals surface area contributed by atoms with Gasteiger partial charge in [-0.15, -0.1) is 11.3 Å². The molecule has 4 rings (SSSR count). The van der Waals surface area contributed by atoms with Crippen LogP contribution >= 0.6 is 11.3 Å². The number of hydrogen-bond acceptors (Lipinski definition) is 4. The fraction of sp³-hybridized carbons (Fsp3) is 0.533. The molecule has 1 fully saturated rings. The molecule has 0 spiro atoms. The highest BCUT2D eigenvalue weighted by atomic mass is 32.1. The third kappa shape index (κ3) is 2.05. The molecule has 0 aliphatic carbocycles. The van der Waals surface area contributed by atoms with E-state index in [1.807, 2.05) is 11.3 Å². The summed E-state index contributed by atoms with van der Waals surface area (Å²) in [5.74, 6) is 1.78. The number of nitrogens with zero attached hydrogens (tertiary/aromatic N) is 2. The number of rotatable bonds is 2. The van der Waals surface area contributed by atoms with Gasteiger partial charge in [-0.2, -0.15) is 5.10 Å². The van der Waals surface area contributed by atoms with Gasteiger partial charge in [-0.05, 0) is 31.9 Å². The van der Waals surface area contributed by atoms with Gasteiger partial charge in [-0.25, -0.2) is 4.68 Å². The van der Waals surface area contributed by atoms with Crippen LogP contribution in [0.1, 0.15) is 23.8 Å². The van der Waals surface area contributed by atoms with Gasteiger partial charge in [-0.1, -0.05) is 0 Å². The van der Waals surface area contributed by atoms with Gasteiger partial charge in [-0.3, -0.25) is 0 Å². The van der Waals surface area contributed by atoms with Crippen LogP contribution in [0.5, 0.6) is 0 Å². The summed E-state index contributed by atoms with van der Waals surface area (Å²) in [6, 6.07) is 7.01. The minimum absolute atomic E-state index is 0.489. The third-order valence-electron chi connectivity index (χ3n) is 4.30. The number of nitrogens with one attached hydrogen (secondary N) is 1. The summed E-state index contributed by atoms with van der Waals surface area (Å²) in [5, 5.41) is 8.35. The highest BCUT2D eigenvalue weighted by molar-refractivity contribution is 7.15. The zero-order chi connectivity index (χ0) is 13.5. The van der Waals surface area contributed by atoms with Crippen LogP contribution in [0.2, 0.25) is 0 Å². The lowest BCUT2D eigenvalue weighted by atomic mass is 9.95. The Labute approximate surface area is 122 Å². The van der Waals surface area contributed by atoms with Crippen LogP contribution in [0.25, 0.3) is 10.6 Å². The average Bonchev–Trinajstić information content (AvgIpc) is 3.17. The van der Waals surface area contributed by atoms with E-state index < -0.39 is 0 Å². The van der Waals surface area contributed by atoms with Crippen LogP contribution in [-0.4, -0.2) is 29.5 Å². The van der Waals surface area contributed by atoms with Crippen molar-refractivity contribution in [1.82, 2.24) is 9.78 Å². The van der Waals surface area contributed by atoms with Gasteiger partial charge in [0.2, 0.25) is 0 Å². The van der Waals surface area contributed by atoms with Gasteiger partial charge in [0.25, 0.3) is 0 Å². The molecule has 0 radical (unpaired) electrons. The molecule has 2 aliphatic heterocycles. The molecular weight excluding hydrogens is 270 g/mol. The molecule has 0 aromatic carbocycles. The summed E-state index contributed by atoms with van der Waals surface area (Å²) in [5.41, 5.74) is 1.09. The van der Waals surface area contributed by atoms with Crippen molar-refractivity contribution in [2.24, 2.45) is 5.92 Å². The van der Waals surface area contributed by atoms with Gasteiger partial charge in [0.1, 0.15) is 11.5 Å². The molecule has 2 unspecified atom stereocenters. The number of anilines is 1. The van der Waals surface area contributed by atoms with E-state index in [9.17, 15) is 0 Å². The fourth-order valence-corrected chi connectivity index (χ4v) is 4.06. The molecule has 1 N–H and O–H groups in total. The second-order valence-electron chi connectivity index (χ2n) is 5.68. The van der Waals surface area contributed by atoms with Crippen molar-refractivity contribution in [3.8, 4) is 10.6 Å². The van der Waals surface area contributed by atoms with Crippen molar-refractivity contribution in [3.05, 3.63) is 23.1 Å². The number of aryl methyl sites for hydroxylation is 1. The summed E-state index contributed by atoms with van der Waals surface area (Å²) in [6.45, 7) is 4.97. The number of aromatic nitrogens is 2. The van der Waals surface area contributed by atoms with Crippen molar-refractivity contribution in [1.29, 1.82) is 0 Å². The molecular formula is C15H19N3OS. The van der Waals surface area contributed by atoms with E-state index in [0.717, 1.165) is 44.1 Å². The van der Waals surface area contributed by atoms with Gasteiger partial charge in [0.15, 0.2) is 0 Å². The number of thiophene rings is 1. The zero-order valence-corrected chi connectivity index (χ0v) is 12.4. The monoisotopic (exact) mass is 289 g/mol. The summed E-state index contributed by atoms with van der Waals surface area (Å²) < 4.78 is 7.76. The first-order valence-electron chi connectivity index (χ1n) is 7.29. The Morgan fingerprint density at radius 3 is 3.10 bits per heavy atom. The summed E-state index contributed by atoms with van der Waals surface area (Å²) in [4.78, 5) is 2.59. The first-order chi connectivity index (χ1) is 9.81. The van der Waals surface area contributed by atoms with E-state index in [0.29, 0.717) is 12.0 Å². The molecule has 0 amide bonds. The molecule has 1 saturated heterocycles. The molecule has 106 valence electrons. The summed E-state index contributed by atoms with van der Waals surface area (Å²) in [6.07, 6.45) is 2.31. The fourth-order valence-electron chi connectivity index (χ4n) is 3.23. The topological polar surface area (TPSA) is 39.1 Å². The normalized spacial score (nSPS) is 25.4. The molecule has 2 aliphatic rings. The lowest BCUT2D eigenvalue weighted by Gasteiger charge is -2.29. The van der Waals surface area contributed by atoms with E-state index in [-0.39, 0.29) is 0 Å². The largest absolute Gasteiger partial charge is 0.381 e. The lowest BCUT2D eigenvalue weighted by Crippen LogP contribution is -2.29. The number of hydrogen-bond donors (Lipinski definition) is 1. The number of fused-ring (bicyclic) bond motifs is 1. The Hall–Kier alpha value is -1.33. The van der Waals surface area contributed by atoms with E-state index >= 15 is 0 Å². The van der Waals surface area contributed by atoms with Crippen LogP contribution < -0.4 is 5.32 Å². The van der Waals surface area contributed by atoms with Gasteiger partial charge in [0, 0.05) is 30.0 Å². The van der Waals surface area contributed by atoms with E-state index in [1.54, 1.807) is 0 Å². The van der Waals surface area contributed by atoms with Crippen molar-refractivity contribution < 1.29 is 4.74 Å². The predicted octanol–water partition coefficient (Wildman–Crippen LogP) is 3.31. The summed E-state index contributed by atoms with van der Waals surface area (Å²) >= 11 is 1.81. The lowest BCUT2D eigenvalue weighted by molar-refractivity contribution is 0.167. The van der Waals surface area contributed by atoms with Crippen LogP contribution in [0.3, 0.4) is 0 Å². The van der Waals surface area contributed by atoms with E-state index in [2.05, 4.69) is 35.1 Å². The average molecular weight is 289 g/mol. The maximum Gasteiger partial charge on any atom is 0.125 e. The zero-order valence-electron chi connectivity index (χ0n) is 11.6. The SMILES string of the molecule is Cc1ccc(-c2cc3n(n2)C(C2CCOC2)CCN3)s1. The third-order valence-corrected chi connectivity index (χ3v) is 5.32. The standard InChI is InChI=1S/C15H19N3OS/c1-10-2-3-14(20-10)12-8-15-16-6-4-13(18(15)17-12)11-5-7-19-9-11/h2-3,8,11,13,16H,4-7,9H2,1H3. The van der Waals surface area contributed by atoms with Crippen LogP contribution in [0, 0.1) is 12.8 Å². The number of ether oxygens (including phenoxy) is 1. The quantitative estimate of drug-likeness (QED) is 0.922. The molecule has 2 aromatic rings.